The zero-order valence-corrected chi connectivity index (χ0v) is 12.6. The standard InChI is InChI=1S/C14H21N3OS/c1-9-8-17-13(10(2)16-14(17)19-9)7-15-11-4-5-12(6-11)18-3/h8,11-12,15H,4-7H2,1-3H3. The number of methoxy groups -OCH3 is 1. The molecule has 1 N–H and O–H groups in total. The number of imidazole rings is 1. The van der Waals surface area contributed by atoms with Crippen LogP contribution in [0.2, 0.25) is 0 Å². The Morgan fingerprint density at radius 3 is 3.05 bits per heavy atom. The molecule has 0 aromatic carbocycles. The first kappa shape index (κ1) is 13.1. The van der Waals surface area contributed by atoms with Gasteiger partial charge >= 0.3 is 0 Å². The van der Waals surface area contributed by atoms with E-state index in [1.807, 2.05) is 7.11 Å². The summed E-state index contributed by atoms with van der Waals surface area (Å²) < 4.78 is 7.65. The van der Waals surface area contributed by atoms with Crippen molar-refractivity contribution in [1.82, 2.24) is 14.7 Å². The van der Waals surface area contributed by atoms with E-state index >= 15 is 0 Å². The second-order valence-corrected chi connectivity index (χ2v) is 6.60. The van der Waals surface area contributed by atoms with Crippen LogP contribution in [0.15, 0.2) is 6.20 Å². The SMILES string of the molecule is COC1CCC(NCc2c(C)nc3sc(C)cn23)C1. The number of nitrogens with one attached hydrogen (secondary N) is 1. The Morgan fingerprint density at radius 2 is 2.32 bits per heavy atom. The monoisotopic (exact) mass is 279 g/mol. The van der Waals surface area contributed by atoms with Crippen molar-refractivity contribution in [2.24, 2.45) is 0 Å². The maximum absolute atomic E-state index is 5.42. The van der Waals surface area contributed by atoms with Crippen molar-refractivity contribution in [3.8, 4) is 0 Å². The predicted molar refractivity (Wildman–Crippen MR) is 77.8 cm³/mol. The molecule has 0 spiro atoms. The Bertz CT molecular complexity index is 575. The van der Waals surface area contributed by atoms with Gasteiger partial charge in [0.25, 0.3) is 0 Å². The van der Waals surface area contributed by atoms with Crippen LogP contribution in [0.4, 0.5) is 0 Å². The normalized spacial score (nSPS) is 23.5. The average Bonchev–Trinajstić information content (AvgIpc) is 3.02. The number of aryl methyl sites for hydroxylation is 2. The largest absolute Gasteiger partial charge is 0.381 e. The van der Waals surface area contributed by atoms with Gasteiger partial charge in [-0.15, -0.1) is 11.3 Å². The van der Waals surface area contributed by atoms with Crippen LogP contribution in [0.1, 0.15) is 35.5 Å². The Labute approximate surface area is 117 Å². The van der Waals surface area contributed by atoms with E-state index in [4.69, 9.17) is 4.74 Å². The molecular formula is C14H21N3OS. The molecule has 1 fully saturated rings. The first-order valence-electron chi connectivity index (χ1n) is 6.87. The lowest BCUT2D eigenvalue weighted by Gasteiger charge is -2.12. The smallest absolute Gasteiger partial charge is 0.194 e. The third kappa shape index (κ3) is 2.55. The second kappa shape index (κ2) is 5.23. The van der Waals surface area contributed by atoms with Crippen LogP contribution in [0.5, 0.6) is 0 Å². The molecule has 2 aromatic rings. The molecule has 0 saturated heterocycles. The molecule has 0 bridgehead atoms. The van der Waals surface area contributed by atoms with Crippen molar-refractivity contribution in [2.75, 3.05) is 7.11 Å². The molecule has 1 aliphatic carbocycles. The van der Waals surface area contributed by atoms with Crippen molar-refractivity contribution >= 4 is 16.3 Å². The van der Waals surface area contributed by atoms with Crippen molar-refractivity contribution in [3.63, 3.8) is 0 Å². The third-order valence-electron chi connectivity index (χ3n) is 4.02. The highest BCUT2D eigenvalue weighted by Crippen LogP contribution is 2.23. The molecular weight excluding hydrogens is 258 g/mol. The van der Waals surface area contributed by atoms with Crippen LogP contribution in [0.25, 0.3) is 4.96 Å². The molecule has 1 saturated carbocycles. The molecule has 2 aromatic heterocycles. The summed E-state index contributed by atoms with van der Waals surface area (Å²) in [6.45, 7) is 5.12. The minimum atomic E-state index is 0.437. The van der Waals surface area contributed by atoms with E-state index in [-0.39, 0.29) is 0 Å². The topological polar surface area (TPSA) is 38.6 Å². The van der Waals surface area contributed by atoms with Gasteiger partial charge in [0.15, 0.2) is 4.96 Å². The average molecular weight is 279 g/mol. The van der Waals surface area contributed by atoms with Crippen molar-refractivity contribution in [1.29, 1.82) is 0 Å². The molecule has 0 radical (unpaired) electrons. The van der Waals surface area contributed by atoms with Gasteiger partial charge in [-0.25, -0.2) is 4.98 Å². The van der Waals surface area contributed by atoms with Gasteiger partial charge in [-0.05, 0) is 33.1 Å². The summed E-state index contributed by atoms with van der Waals surface area (Å²) in [5.74, 6) is 0. The number of ether oxygens (including phenoxy) is 1. The number of fused-ring (bicyclic) bond motifs is 1. The lowest BCUT2D eigenvalue weighted by molar-refractivity contribution is 0.107. The maximum atomic E-state index is 5.42. The Morgan fingerprint density at radius 1 is 1.47 bits per heavy atom. The van der Waals surface area contributed by atoms with E-state index in [2.05, 4.69) is 34.7 Å². The number of nitrogens with zero attached hydrogens (tertiary/aromatic N) is 2. The van der Waals surface area contributed by atoms with E-state index in [0.717, 1.165) is 23.6 Å². The summed E-state index contributed by atoms with van der Waals surface area (Å²) in [6.07, 6.45) is 6.13. The molecule has 2 heterocycles. The van der Waals surface area contributed by atoms with Crippen LogP contribution in [-0.2, 0) is 11.3 Å². The molecule has 0 aliphatic heterocycles. The number of hydrogen-bond acceptors (Lipinski definition) is 4. The van der Waals surface area contributed by atoms with Gasteiger partial charge in [0, 0.05) is 30.8 Å². The fraction of sp³-hybridized carbons (Fsp3) is 0.643. The van der Waals surface area contributed by atoms with Crippen molar-refractivity contribution in [3.05, 3.63) is 22.5 Å². The zero-order chi connectivity index (χ0) is 13.4. The molecule has 1 aliphatic rings. The molecule has 104 valence electrons. The van der Waals surface area contributed by atoms with Gasteiger partial charge in [-0.3, -0.25) is 4.40 Å². The zero-order valence-electron chi connectivity index (χ0n) is 11.8. The van der Waals surface area contributed by atoms with Crippen LogP contribution < -0.4 is 5.32 Å². The van der Waals surface area contributed by atoms with Gasteiger partial charge in [0.05, 0.1) is 17.5 Å². The van der Waals surface area contributed by atoms with Gasteiger partial charge in [0.1, 0.15) is 0 Å². The highest BCUT2D eigenvalue weighted by Gasteiger charge is 2.24. The molecule has 2 atom stereocenters. The lowest BCUT2D eigenvalue weighted by atomic mass is 10.2. The number of hydrogen-bond donors (Lipinski definition) is 1. The summed E-state index contributed by atoms with van der Waals surface area (Å²) in [4.78, 5) is 7.04. The van der Waals surface area contributed by atoms with E-state index in [9.17, 15) is 0 Å². The highest BCUT2D eigenvalue weighted by atomic mass is 32.1. The first-order chi connectivity index (χ1) is 9.17. The third-order valence-corrected chi connectivity index (χ3v) is 4.92. The maximum Gasteiger partial charge on any atom is 0.194 e. The molecule has 19 heavy (non-hydrogen) atoms. The summed E-state index contributed by atoms with van der Waals surface area (Å²) in [5, 5.41) is 3.65. The number of thiazole rings is 1. The van der Waals surface area contributed by atoms with Gasteiger partial charge < -0.3 is 10.1 Å². The van der Waals surface area contributed by atoms with Crippen LogP contribution in [0, 0.1) is 13.8 Å². The minimum absolute atomic E-state index is 0.437. The highest BCUT2D eigenvalue weighted by molar-refractivity contribution is 7.17. The van der Waals surface area contributed by atoms with E-state index in [1.54, 1.807) is 11.3 Å². The molecule has 5 heteroatoms. The fourth-order valence-corrected chi connectivity index (χ4v) is 3.79. The van der Waals surface area contributed by atoms with Gasteiger partial charge in [0.2, 0.25) is 0 Å². The molecule has 0 amide bonds. The van der Waals surface area contributed by atoms with Crippen molar-refractivity contribution in [2.45, 2.75) is 51.8 Å². The summed E-state index contributed by atoms with van der Waals surface area (Å²) in [6, 6.07) is 0.578. The van der Waals surface area contributed by atoms with Crippen molar-refractivity contribution < 1.29 is 4.74 Å². The molecule has 2 unspecified atom stereocenters. The molecule has 4 nitrogen and oxygen atoms in total. The number of rotatable bonds is 4. The first-order valence-corrected chi connectivity index (χ1v) is 7.69. The Kier molecular flexibility index (Phi) is 3.60. The lowest BCUT2D eigenvalue weighted by Crippen LogP contribution is -2.27. The van der Waals surface area contributed by atoms with Gasteiger partial charge in [-0.1, -0.05) is 0 Å². The summed E-state index contributed by atoms with van der Waals surface area (Å²) >= 11 is 1.75. The van der Waals surface area contributed by atoms with Crippen LogP contribution >= 0.6 is 11.3 Å². The van der Waals surface area contributed by atoms with Crippen LogP contribution in [-0.4, -0.2) is 28.6 Å². The fourth-order valence-electron chi connectivity index (χ4n) is 2.90. The van der Waals surface area contributed by atoms with E-state index < -0.39 is 0 Å². The Balaban J connectivity index is 1.69. The second-order valence-electron chi connectivity index (χ2n) is 5.39. The number of aromatic nitrogens is 2. The molecule has 3 rings (SSSR count). The summed E-state index contributed by atoms with van der Waals surface area (Å²) in [7, 11) is 1.81. The van der Waals surface area contributed by atoms with E-state index in [1.165, 1.54) is 23.4 Å². The van der Waals surface area contributed by atoms with E-state index in [0.29, 0.717) is 12.1 Å². The quantitative estimate of drug-likeness (QED) is 0.935. The minimum Gasteiger partial charge on any atom is -0.381 e. The summed E-state index contributed by atoms with van der Waals surface area (Å²) in [5.41, 5.74) is 2.43. The van der Waals surface area contributed by atoms with Crippen LogP contribution in [0.3, 0.4) is 0 Å². The Hall–Kier alpha value is -0.910. The van der Waals surface area contributed by atoms with Gasteiger partial charge in [-0.2, -0.15) is 0 Å². The predicted octanol–water partition coefficient (Wildman–Crippen LogP) is 2.67.